The summed E-state index contributed by atoms with van der Waals surface area (Å²) in [6.07, 6.45) is 3.24. The third-order valence-electron chi connectivity index (χ3n) is 3.20. The van der Waals surface area contributed by atoms with Gasteiger partial charge in [0.25, 0.3) is 0 Å². The number of aromatic nitrogens is 3. The highest BCUT2D eigenvalue weighted by Crippen LogP contribution is 2.26. The van der Waals surface area contributed by atoms with Gasteiger partial charge in [0, 0.05) is 17.8 Å². The van der Waals surface area contributed by atoms with E-state index in [1.807, 2.05) is 31.2 Å². The number of pyridine rings is 1. The number of oxime groups is 1. The minimum absolute atomic E-state index is 0.0347. The highest BCUT2D eigenvalue weighted by Gasteiger charge is 2.16. The summed E-state index contributed by atoms with van der Waals surface area (Å²) < 4.78 is 1.62. The number of fused-ring (bicyclic) bond motifs is 1. The molecule has 0 amide bonds. The Morgan fingerprint density at radius 3 is 2.81 bits per heavy atom. The quantitative estimate of drug-likeness (QED) is 0.329. The molecule has 2 aromatic heterocycles. The van der Waals surface area contributed by atoms with Gasteiger partial charge in [-0.1, -0.05) is 35.0 Å². The molecule has 0 unspecified atom stereocenters. The van der Waals surface area contributed by atoms with Crippen LogP contribution in [-0.4, -0.2) is 25.8 Å². The van der Waals surface area contributed by atoms with Crippen LogP contribution in [0.25, 0.3) is 16.6 Å². The average Bonchev–Trinajstić information content (AvgIpc) is 2.84. The maximum Gasteiger partial charge on any atom is 0.173 e. The van der Waals surface area contributed by atoms with Crippen molar-refractivity contribution in [3.8, 4) is 5.69 Å². The highest BCUT2D eigenvalue weighted by molar-refractivity contribution is 6.31. The van der Waals surface area contributed by atoms with Crippen molar-refractivity contribution in [3.05, 3.63) is 52.9 Å². The number of nitrogens with two attached hydrogens (primary N) is 1. The number of amidine groups is 1. The van der Waals surface area contributed by atoms with E-state index in [9.17, 15) is 0 Å². The summed E-state index contributed by atoms with van der Waals surface area (Å²) in [4.78, 5) is 4.32. The van der Waals surface area contributed by atoms with Crippen LogP contribution in [0.1, 0.15) is 11.3 Å². The summed E-state index contributed by atoms with van der Waals surface area (Å²) in [5.41, 5.74) is 8.39. The van der Waals surface area contributed by atoms with Crippen molar-refractivity contribution < 1.29 is 5.21 Å². The minimum Gasteiger partial charge on any atom is -0.409 e. The summed E-state index contributed by atoms with van der Waals surface area (Å²) in [5.74, 6) is -0.0347. The summed E-state index contributed by atoms with van der Waals surface area (Å²) in [6.45, 7) is 1.81. The van der Waals surface area contributed by atoms with E-state index in [0.29, 0.717) is 22.0 Å². The molecule has 0 aliphatic heterocycles. The Bertz CT molecular complexity index is 836. The van der Waals surface area contributed by atoms with E-state index in [2.05, 4.69) is 15.2 Å². The fraction of sp³-hybridized carbons (Fsp3) is 0.0714. The van der Waals surface area contributed by atoms with Gasteiger partial charge in [0.1, 0.15) is 0 Å². The predicted molar refractivity (Wildman–Crippen MR) is 81.1 cm³/mol. The zero-order valence-corrected chi connectivity index (χ0v) is 11.9. The van der Waals surface area contributed by atoms with Gasteiger partial charge in [-0.3, -0.25) is 4.98 Å². The lowest BCUT2D eigenvalue weighted by Gasteiger charge is -2.11. The molecule has 0 aliphatic rings. The van der Waals surface area contributed by atoms with E-state index in [0.717, 1.165) is 10.9 Å². The standard InChI is InChI=1S/C14H12ClN5O/c1-8-11(15)7-20(18-8)13-9-4-2-3-5-12(9)17-6-10(13)14(16)19-21/h2-7,21H,1H3,(H2,16,19). The molecule has 106 valence electrons. The van der Waals surface area contributed by atoms with Gasteiger partial charge >= 0.3 is 0 Å². The zero-order valence-electron chi connectivity index (χ0n) is 11.2. The molecule has 0 radical (unpaired) electrons. The molecule has 6 nitrogen and oxygen atoms in total. The molecule has 0 saturated carbocycles. The Hall–Kier alpha value is -2.60. The molecule has 0 aliphatic carbocycles. The summed E-state index contributed by atoms with van der Waals surface area (Å²) in [7, 11) is 0. The lowest BCUT2D eigenvalue weighted by molar-refractivity contribution is 0.318. The number of benzene rings is 1. The normalized spacial score (nSPS) is 12.0. The summed E-state index contributed by atoms with van der Waals surface area (Å²) in [5, 5.41) is 17.8. The maximum absolute atomic E-state index is 8.97. The monoisotopic (exact) mass is 301 g/mol. The van der Waals surface area contributed by atoms with E-state index < -0.39 is 0 Å². The molecule has 0 atom stereocenters. The number of halogens is 1. The molecule has 3 aromatic rings. The molecule has 7 heteroatoms. The first-order valence-electron chi connectivity index (χ1n) is 6.19. The number of para-hydroxylation sites is 1. The molecular weight excluding hydrogens is 290 g/mol. The molecule has 0 saturated heterocycles. The van der Waals surface area contributed by atoms with Crippen molar-refractivity contribution in [2.24, 2.45) is 10.9 Å². The zero-order chi connectivity index (χ0) is 15.0. The first-order valence-corrected chi connectivity index (χ1v) is 6.57. The van der Waals surface area contributed by atoms with Crippen LogP contribution >= 0.6 is 11.6 Å². The van der Waals surface area contributed by atoms with E-state index in [4.69, 9.17) is 22.5 Å². The second-order valence-corrected chi connectivity index (χ2v) is 4.94. The fourth-order valence-electron chi connectivity index (χ4n) is 2.17. The number of aryl methyl sites for hydroxylation is 1. The summed E-state index contributed by atoms with van der Waals surface area (Å²) >= 11 is 6.09. The molecule has 0 spiro atoms. The topological polar surface area (TPSA) is 89.3 Å². The minimum atomic E-state index is -0.0347. The lowest BCUT2D eigenvalue weighted by Crippen LogP contribution is -2.17. The van der Waals surface area contributed by atoms with Gasteiger partial charge in [0.15, 0.2) is 5.84 Å². The van der Waals surface area contributed by atoms with Gasteiger partial charge in [-0.15, -0.1) is 0 Å². The van der Waals surface area contributed by atoms with Crippen LogP contribution < -0.4 is 5.73 Å². The van der Waals surface area contributed by atoms with Gasteiger partial charge in [0.2, 0.25) is 0 Å². The SMILES string of the molecule is Cc1nn(-c2c(C(N)=NO)cnc3ccccc23)cc1Cl. The van der Waals surface area contributed by atoms with Crippen LogP contribution in [0.15, 0.2) is 41.8 Å². The first-order chi connectivity index (χ1) is 10.1. The van der Waals surface area contributed by atoms with Crippen molar-refractivity contribution >= 4 is 28.3 Å². The van der Waals surface area contributed by atoms with Crippen LogP contribution in [0.2, 0.25) is 5.02 Å². The molecule has 3 rings (SSSR count). The molecular formula is C14H12ClN5O. The second kappa shape index (κ2) is 5.06. The van der Waals surface area contributed by atoms with Crippen molar-refractivity contribution in [3.63, 3.8) is 0 Å². The number of rotatable bonds is 2. The van der Waals surface area contributed by atoms with Gasteiger partial charge in [-0.25, -0.2) is 4.68 Å². The van der Waals surface area contributed by atoms with Crippen LogP contribution in [0.5, 0.6) is 0 Å². The molecule has 3 N–H and O–H groups in total. The van der Waals surface area contributed by atoms with Crippen molar-refractivity contribution in [1.82, 2.24) is 14.8 Å². The Morgan fingerprint density at radius 2 is 2.14 bits per heavy atom. The van der Waals surface area contributed by atoms with Crippen LogP contribution in [0.3, 0.4) is 0 Å². The van der Waals surface area contributed by atoms with Crippen LogP contribution in [-0.2, 0) is 0 Å². The fourth-order valence-corrected chi connectivity index (χ4v) is 2.30. The Kier molecular flexibility index (Phi) is 3.23. The predicted octanol–water partition coefficient (Wildman–Crippen LogP) is 2.48. The average molecular weight is 302 g/mol. The van der Waals surface area contributed by atoms with Gasteiger partial charge in [0.05, 0.1) is 27.5 Å². The van der Waals surface area contributed by atoms with Gasteiger partial charge in [-0.05, 0) is 13.0 Å². The van der Waals surface area contributed by atoms with Gasteiger partial charge in [-0.2, -0.15) is 5.10 Å². The maximum atomic E-state index is 8.97. The molecule has 2 heterocycles. The highest BCUT2D eigenvalue weighted by atomic mass is 35.5. The first kappa shape index (κ1) is 13.4. The van der Waals surface area contributed by atoms with Crippen molar-refractivity contribution in [2.45, 2.75) is 6.92 Å². The lowest BCUT2D eigenvalue weighted by atomic mass is 10.1. The molecule has 0 fully saturated rings. The van der Waals surface area contributed by atoms with Crippen molar-refractivity contribution in [1.29, 1.82) is 0 Å². The molecule has 0 bridgehead atoms. The van der Waals surface area contributed by atoms with E-state index in [1.54, 1.807) is 17.1 Å². The largest absolute Gasteiger partial charge is 0.409 e. The number of hydrogen-bond donors (Lipinski definition) is 2. The number of nitrogens with zero attached hydrogens (tertiary/aromatic N) is 4. The molecule has 1 aromatic carbocycles. The van der Waals surface area contributed by atoms with Gasteiger partial charge < -0.3 is 10.9 Å². The summed E-state index contributed by atoms with van der Waals surface area (Å²) in [6, 6.07) is 7.56. The third-order valence-corrected chi connectivity index (χ3v) is 3.57. The number of hydrogen-bond acceptors (Lipinski definition) is 4. The smallest absolute Gasteiger partial charge is 0.173 e. The third kappa shape index (κ3) is 2.19. The van der Waals surface area contributed by atoms with Crippen molar-refractivity contribution in [2.75, 3.05) is 0 Å². The van der Waals surface area contributed by atoms with E-state index >= 15 is 0 Å². The van der Waals surface area contributed by atoms with E-state index in [1.165, 1.54) is 0 Å². The second-order valence-electron chi connectivity index (χ2n) is 4.53. The van der Waals surface area contributed by atoms with Crippen LogP contribution in [0.4, 0.5) is 0 Å². The Labute approximate surface area is 125 Å². The van der Waals surface area contributed by atoms with E-state index in [-0.39, 0.29) is 5.84 Å². The van der Waals surface area contributed by atoms with Crippen LogP contribution in [0, 0.1) is 6.92 Å². The Morgan fingerprint density at radius 1 is 1.38 bits per heavy atom. The Balaban J connectivity index is 2.41. The molecule has 21 heavy (non-hydrogen) atoms.